The minimum Gasteiger partial charge on any atom is -0.273 e. The molecule has 0 radical (unpaired) electrons. The molecule has 1 aromatic rings. The maximum Gasteiger partial charge on any atom is 0.240 e. The molecule has 1 amide bonds. The Balaban J connectivity index is 1.85. The molecule has 0 fully saturated rings. The van der Waals surface area contributed by atoms with Crippen molar-refractivity contribution in [2.45, 2.75) is 64.8 Å². The summed E-state index contributed by atoms with van der Waals surface area (Å²) in [5.74, 6) is 0.0334. The number of hydrogen-bond acceptors (Lipinski definition) is 2. The predicted molar refractivity (Wildman–Crippen MR) is 94.4 cm³/mol. The number of allylic oxidation sites excluding steroid dienone is 1. The summed E-state index contributed by atoms with van der Waals surface area (Å²) < 4.78 is 0. The van der Waals surface area contributed by atoms with E-state index in [1.54, 1.807) is 11.9 Å². The van der Waals surface area contributed by atoms with E-state index in [1.165, 1.54) is 36.8 Å². The summed E-state index contributed by atoms with van der Waals surface area (Å²) in [5, 5.41) is 6.40. The summed E-state index contributed by atoms with van der Waals surface area (Å²) in [7, 11) is 0. The maximum atomic E-state index is 12.1. The van der Waals surface area contributed by atoms with E-state index in [0.29, 0.717) is 0 Å². The Bertz CT molecular complexity index is 657. The van der Waals surface area contributed by atoms with Gasteiger partial charge in [-0.25, -0.2) is 5.01 Å². The molecule has 0 bridgehead atoms. The van der Waals surface area contributed by atoms with Gasteiger partial charge >= 0.3 is 0 Å². The number of aryl methyl sites for hydroxylation is 1. The number of hydrogen-bond donors (Lipinski definition) is 0. The molecule has 0 aromatic heterocycles. The largest absolute Gasteiger partial charge is 0.273 e. The van der Waals surface area contributed by atoms with Crippen molar-refractivity contribution in [1.82, 2.24) is 5.01 Å². The van der Waals surface area contributed by atoms with Crippen LogP contribution in [-0.4, -0.2) is 22.2 Å². The summed E-state index contributed by atoms with van der Waals surface area (Å²) in [6, 6.07) is 8.43. The fraction of sp³-hybridized carbons (Fsp3) is 0.500. The number of benzene rings is 1. The van der Waals surface area contributed by atoms with Crippen molar-refractivity contribution >= 4 is 11.6 Å². The van der Waals surface area contributed by atoms with Crippen LogP contribution < -0.4 is 0 Å². The second-order valence-electron chi connectivity index (χ2n) is 7.20. The number of carbonyl (C=O) groups is 1. The van der Waals surface area contributed by atoms with E-state index in [0.717, 1.165) is 24.1 Å². The molecule has 1 unspecified atom stereocenters. The topological polar surface area (TPSA) is 32.7 Å². The molecular formula is C20H26N2O. The van der Waals surface area contributed by atoms with Gasteiger partial charge < -0.3 is 0 Å². The third kappa shape index (κ3) is 3.39. The van der Waals surface area contributed by atoms with Gasteiger partial charge in [0.05, 0.1) is 11.3 Å². The van der Waals surface area contributed by atoms with Crippen molar-refractivity contribution in [1.29, 1.82) is 0 Å². The summed E-state index contributed by atoms with van der Waals surface area (Å²) in [5.41, 5.74) is 4.66. The van der Waals surface area contributed by atoms with Crippen molar-refractivity contribution < 1.29 is 4.79 Å². The molecule has 0 saturated heterocycles. The van der Waals surface area contributed by atoms with Gasteiger partial charge in [0, 0.05) is 13.3 Å². The molecule has 1 aliphatic heterocycles. The first-order valence-electron chi connectivity index (χ1n) is 8.61. The van der Waals surface area contributed by atoms with Gasteiger partial charge in [-0.05, 0) is 51.5 Å². The number of rotatable bonds is 3. The molecule has 3 heteroatoms. The molecule has 122 valence electrons. The minimum atomic E-state index is -0.227. The third-order valence-electron chi connectivity index (χ3n) is 4.96. The SMILES string of the molecule is CC(=O)N1N=C(c2ccc(C)cc2)CC1(C)CC1=CCCCC1. The van der Waals surface area contributed by atoms with E-state index >= 15 is 0 Å². The van der Waals surface area contributed by atoms with E-state index in [2.05, 4.69) is 49.3 Å². The zero-order chi connectivity index (χ0) is 16.4. The van der Waals surface area contributed by atoms with Crippen molar-refractivity contribution in [2.75, 3.05) is 0 Å². The van der Waals surface area contributed by atoms with E-state index in [4.69, 9.17) is 0 Å². The van der Waals surface area contributed by atoms with Crippen molar-refractivity contribution in [3.05, 3.63) is 47.0 Å². The van der Waals surface area contributed by atoms with Gasteiger partial charge in [-0.3, -0.25) is 4.79 Å². The number of hydrazone groups is 1. The van der Waals surface area contributed by atoms with Gasteiger partial charge in [0.2, 0.25) is 5.91 Å². The monoisotopic (exact) mass is 310 g/mol. The molecule has 1 aliphatic carbocycles. The molecule has 3 rings (SSSR count). The Morgan fingerprint density at radius 2 is 2.00 bits per heavy atom. The smallest absolute Gasteiger partial charge is 0.240 e. The van der Waals surface area contributed by atoms with Crippen molar-refractivity contribution in [3.63, 3.8) is 0 Å². The zero-order valence-electron chi connectivity index (χ0n) is 14.4. The Kier molecular flexibility index (Phi) is 4.38. The van der Waals surface area contributed by atoms with Crippen molar-refractivity contribution in [3.8, 4) is 0 Å². The first-order chi connectivity index (χ1) is 11.0. The zero-order valence-corrected chi connectivity index (χ0v) is 14.4. The van der Waals surface area contributed by atoms with Gasteiger partial charge in [0.25, 0.3) is 0 Å². The lowest BCUT2D eigenvalue weighted by atomic mass is 9.83. The highest BCUT2D eigenvalue weighted by Crippen LogP contribution is 2.37. The van der Waals surface area contributed by atoms with E-state index in [1.807, 2.05) is 0 Å². The summed E-state index contributed by atoms with van der Waals surface area (Å²) in [6.07, 6.45) is 9.04. The Labute approximate surface area is 139 Å². The standard InChI is InChI=1S/C20H26N2O/c1-15-9-11-18(12-10-15)19-14-20(3,22(21-19)16(2)23)13-17-7-5-4-6-8-17/h7,9-12H,4-6,8,13-14H2,1-3H3. The van der Waals surface area contributed by atoms with Crippen LogP contribution in [0.3, 0.4) is 0 Å². The van der Waals surface area contributed by atoms with Gasteiger partial charge in [0.15, 0.2) is 0 Å². The fourth-order valence-corrected chi connectivity index (χ4v) is 3.76. The molecule has 1 atom stereocenters. The maximum absolute atomic E-state index is 12.1. The van der Waals surface area contributed by atoms with Crippen LogP contribution in [0.15, 0.2) is 41.0 Å². The Hall–Kier alpha value is -1.90. The van der Waals surface area contributed by atoms with Gasteiger partial charge in [0.1, 0.15) is 0 Å². The highest BCUT2D eigenvalue weighted by Gasteiger charge is 2.41. The van der Waals surface area contributed by atoms with Gasteiger partial charge in [-0.1, -0.05) is 41.5 Å². The van der Waals surface area contributed by atoms with Crippen LogP contribution in [0.25, 0.3) is 0 Å². The second-order valence-corrected chi connectivity index (χ2v) is 7.20. The van der Waals surface area contributed by atoms with E-state index in [9.17, 15) is 4.79 Å². The molecule has 1 heterocycles. The highest BCUT2D eigenvalue weighted by atomic mass is 16.2. The first-order valence-corrected chi connectivity index (χ1v) is 8.61. The number of amides is 1. The summed E-state index contributed by atoms with van der Waals surface area (Å²) in [6.45, 7) is 5.88. The van der Waals surface area contributed by atoms with E-state index < -0.39 is 0 Å². The average molecular weight is 310 g/mol. The number of nitrogens with zero attached hydrogens (tertiary/aromatic N) is 2. The molecule has 3 nitrogen and oxygen atoms in total. The highest BCUT2D eigenvalue weighted by molar-refractivity contribution is 6.03. The Morgan fingerprint density at radius 1 is 1.26 bits per heavy atom. The number of carbonyl (C=O) groups excluding carboxylic acids is 1. The molecular weight excluding hydrogens is 284 g/mol. The minimum absolute atomic E-state index is 0.0334. The molecule has 0 saturated carbocycles. The average Bonchev–Trinajstić information content (AvgIpc) is 2.86. The lowest BCUT2D eigenvalue weighted by molar-refractivity contribution is -0.133. The normalized spacial score (nSPS) is 24.4. The van der Waals surface area contributed by atoms with Gasteiger partial charge in [-0.2, -0.15) is 5.10 Å². The van der Waals surface area contributed by atoms with Crippen LogP contribution in [-0.2, 0) is 4.79 Å². The Morgan fingerprint density at radius 3 is 2.61 bits per heavy atom. The first kappa shape index (κ1) is 16.0. The van der Waals surface area contributed by atoms with Crippen LogP contribution in [0, 0.1) is 6.92 Å². The van der Waals surface area contributed by atoms with Crippen LogP contribution >= 0.6 is 0 Å². The molecule has 0 spiro atoms. The summed E-state index contributed by atoms with van der Waals surface area (Å²) in [4.78, 5) is 12.1. The molecule has 23 heavy (non-hydrogen) atoms. The van der Waals surface area contributed by atoms with E-state index in [-0.39, 0.29) is 11.4 Å². The fourth-order valence-electron chi connectivity index (χ4n) is 3.76. The van der Waals surface area contributed by atoms with Crippen molar-refractivity contribution in [2.24, 2.45) is 5.10 Å². The summed E-state index contributed by atoms with van der Waals surface area (Å²) >= 11 is 0. The third-order valence-corrected chi connectivity index (χ3v) is 4.96. The lowest BCUT2D eigenvalue weighted by Gasteiger charge is -2.33. The van der Waals surface area contributed by atoms with Crippen LogP contribution in [0.5, 0.6) is 0 Å². The van der Waals surface area contributed by atoms with Crippen LogP contribution in [0.2, 0.25) is 0 Å². The molecule has 2 aliphatic rings. The second kappa shape index (κ2) is 6.31. The van der Waals surface area contributed by atoms with Gasteiger partial charge in [-0.15, -0.1) is 0 Å². The van der Waals surface area contributed by atoms with Crippen LogP contribution in [0.4, 0.5) is 0 Å². The van der Waals surface area contributed by atoms with Crippen LogP contribution in [0.1, 0.15) is 63.5 Å². The lowest BCUT2D eigenvalue weighted by Crippen LogP contribution is -2.42. The predicted octanol–water partition coefficient (Wildman–Crippen LogP) is 4.60. The quantitative estimate of drug-likeness (QED) is 0.751. The molecule has 1 aromatic carbocycles. The molecule has 0 N–H and O–H groups in total.